The monoisotopic (exact) mass is 185 g/mol. The van der Waals surface area contributed by atoms with Crippen LogP contribution in [0.15, 0.2) is 0 Å². The van der Waals surface area contributed by atoms with Gasteiger partial charge in [0.2, 0.25) is 5.91 Å². The number of aliphatic hydroxyl groups is 1. The average Bonchev–Trinajstić information content (AvgIpc) is 2.31. The fraction of sp³-hybridized carbons (Fsp3) is 0.900. The fourth-order valence-corrected chi connectivity index (χ4v) is 1.87. The van der Waals surface area contributed by atoms with Crippen molar-refractivity contribution in [3.8, 4) is 0 Å². The van der Waals surface area contributed by atoms with Gasteiger partial charge in [0.15, 0.2) is 0 Å². The second-order valence-corrected chi connectivity index (χ2v) is 4.33. The van der Waals surface area contributed by atoms with Crippen molar-refractivity contribution in [2.24, 2.45) is 11.8 Å². The zero-order valence-electron chi connectivity index (χ0n) is 8.66. The van der Waals surface area contributed by atoms with E-state index >= 15 is 0 Å². The summed E-state index contributed by atoms with van der Waals surface area (Å²) in [6.07, 6.45) is 0.518. The molecule has 2 unspecified atom stereocenters. The van der Waals surface area contributed by atoms with Gasteiger partial charge < -0.3 is 10.0 Å². The number of carbonyl (C=O) groups is 1. The minimum Gasteiger partial charge on any atom is -0.396 e. The third kappa shape index (κ3) is 2.21. The SMILES string of the molecule is CC(C)CN1C(=O)CC(CO)C1C. The van der Waals surface area contributed by atoms with Crippen LogP contribution in [0.3, 0.4) is 0 Å². The number of hydrogen-bond donors (Lipinski definition) is 1. The topological polar surface area (TPSA) is 40.5 Å². The van der Waals surface area contributed by atoms with Crippen LogP contribution in [-0.4, -0.2) is 35.1 Å². The Balaban J connectivity index is 2.59. The van der Waals surface area contributed by atoms with Crippen LogP contribution in [-0.2, 0) is 4.79 Å². The predicted molar refractivity (Wildman–Crippen MR) is 51.2 cm³/mol. The van der Waals surface area contributed by atoms with Crippen molar-refractivity contribution in [1.82, 2.24) is 4.90 Å². The first-order valence-electron chi connectivity index (χ1n) is 4.96. The van der Waals surface area contributed by atoms with E-state index < -0.39 is 0 Å². The molecule has 0 aliphatic carbocycles. The molecule has 0 bridgehead atoms. The molecule has 1 aliphatic heterocycles. The number of carbonyl (C=O) groups excluding carboxylic acids is 1. The lowest BCUT2D eigenvalue weighted by molar-refractivity contribution is -0.129. The van der Waals surface area contributed by atoms with Crippen molar-refractivity contribution in [1.29, 1.82) is 0 Å². The Morgan fingerprint density at radius 1 is 1.62 bits per heavy atom. The maximum absolute atomic E-state index is 11.5. The van der Waals surface area contributed by atoms with E-state index in [4.69, 9.17) is 5.11 Å². The molecular weight excluding hydrogens is 166 g/mol. The summed E-state index contributed by atoms with van der Waals surface area (Å²) in [6.45, 7) is 7.17. The fourth-order valence-electron chi connectivity index (χ4n) is 1.87. The minimum absolute atomic E-state index is 0.126. The quantitative estimate of drug-likeness (QED) is 0.709. The summed E-state index contributed by atoms with van der Waals surface area (Å²) >= 11 is 0. The van der Waals surface area contributed by atoms with Gasteiger partial charge in [0.25, 0.3) is 0 Å². The number of rotatable bonds is 3. The first-order valence-corrected chi connectivity index (χ1v) is 4.96. The normalized spacial score (nSPS) is 29.0. The zero-order chi connectivity index (χ0) is 10.0. The molecule has 0 saturated carbocycles. The summed E-state index contributed by atoms with van der Waals surface area (Å²) in [5.74, 6) is 0.843. The molecule has 2 atom stereocenters. The lowest BCUT2D eigenvalue weighted by atomic mass is 10.0. The van der Waals surface area contributed by atoms with Crippen LogP contribution < -0.4 is 0 Å². The molecular formula is C10H19NO2. The van der Waals surface area contributed by atoms with Gasteiger partial charge >= 0.3 is 0 Å². The van der Waals surface area contributed by atoms with E-state index in [0.29, 0.717) is 12.3 Å². The summed E-state index contributed by atoms with van der Waals surface area (Å²) in [4.78, 5) is 13.4. The number of aliphatic hydroxyl groups excluding tert-OH is 1. The Morgan fingerprint density at radius 3 is 2.62 bits per heavy atom. The second kappa shape index (κ2) is 4.09. The summed E-state index contributed by atoms with van der Waals surface area (Å²) in [7, 11) is 0. The van der Waals surface area contributed by atoms with Gasteiger partial charge in [-0.05, 0) is 12.8 Å². The summed E-state index contributed by atoms with van der Waals surface area (Å²) in [6, 6.07) is 0.208. The van der Waals surface area contributed by atoms with Crippen molar-refractivity contribution < 1.29 is 9.90 Å². The molecule has 1 aliphatic rings. The van der Waals surface area contributed by atoms with E-state index in [9.17, 15) is 4.79 Å². The summed E-state index contributed by atoms with van der Waals surface area (Å²) in [5, 5.41) is 9.03. The van der Waals surface area contributed by atoms with Gasteiger partial charge in [0.1, 0.15) is 0 Å². The van der Waals surface area contributed by atoms with Gasteiger partial charge in [-0.15, -0.1) is 0 Å². The van der Waals surface area contributed by atoms with Crippen LogP contribution in [0.1, 0.15) is 27.2 Å². The summed E-state index contributed by atoms with van der Waals surface area (Å²) < 4.78 is 0. The van der Waals surface area contributed by atoms with Gasteiger partial charge in [-0.3, -0.25) is 4.79 Å². The highest BCUT2D eigenvalue weighted by Crippen LogP contribution is 2.25. The van der Waals surface area contributed by atoms with E-state index in [0.717, 1.165) is 6.54 Å². The highest BCUT2D eigenvalue weighted by Gasteiger charge is 2.35. The second-order valence-electron chi connectivity index (χ2n) is 4.33. The largest absolute Gasteiger partial charge is 0.396 e. The van der Waals surface area contributed by atoms with Crippen molar-refractivity contribution >= 4 is 5.91 Å². The van der Waals surface area contributed by atoms with Crippen LogP contribution >= 0.6 is 0 Å². The molecule has 1 heterocycles. The predicted octanol–water partition coefficient (Wildman–Crippen LogP) is 0.872. The van der Waals surface area contributed by atoms with E-state index in [-0.39, 0.29) is 24.5 Å². The smallest absolute Gasteiger partial charge is 0.223 e. The molecule has 3 heteroatoms. The maximum atomic E-state index is 11.5. The van der Waals surface area contributed by atoms with Crippen molar-refractivity contribution in [2.75, 3.05) is 13.2 Å². The van der Waals surface area contributed by atoms with Gasteiger partial charge in [0.05, 0.1) is 0 Å². The van der Waals surface area contributed by atoms with E-state index in [1.165, 1.54) is 0 Å². The highest BCUT2D eigenvalue weighted by molar-refractivity contribution is 5.79. The molecule has 13 heavy (non-hydrogen) atoms. The zero-order valence-corrected chi connectivity index (χ0v) is 8.66. The lowest BCUT2D eigenvalue weighted by Crippen LogP contribution is -2.36. The average molecular weight is 185 g/mol. The van der Waals surface area contributed by atoms with Gasteiger partial charge in [-0.2, -0.15) is 0 Å². The molecule has 0 aromatic heterocycles. The molecule has 1 rings (SSSR count). The van der Waals surface area contributed by atoms with Crippen LogP contribution in [0.5, 0.6) is 0 Å². The molecule has 1 fully saturated rings. The Kier molecular flexibility index (Phi) is 3.31. The first kappa shape index (κ1) is 10.5. The highest BCUT2D eigenvalue weighted by atomic mass is 16.3. The molecule has 1 amide bonds. The van der Waals surface area contributed by atoms with Crippen LogP contribution in [0, 0.1) is 11.8 Å². The molecule has 0 aromatic carbocycles. The van der Waals surface area contributed by atoms with Gasteiger partial charge in [-0.1, -0.05) is 13.8 Å². The Morgan fingerprint density at radius 2 is 2.23 bits per heavy atom. The Bertz CT molecular complexity index is 191. The Hall–Kier alpha value is -0.570. The third-order valence-corrected chi connectivity index (χ3v) is 2.73. The molecule has 3 nitrogen and oxygen atoms in total. The van der Waals surface area contributed by atoms with Crippen molar-refractivity contribution in [3.63, 3.8) is 0 Å². The molecule has 0 spiro atoms. The van der Waals surface area contributed by atoms with E-state index in [1.54, 1.807) is 0 Å². The molecule has 1 saturated heterocycles. The Labute approximate surface area is 79.7 Å². The van der Waals surface area contributed by atoms with Crippen LogP contribution in [0.4, 0.5) is 0 Å². The number of hydrogen-bond acceptors (Lipinski definition) is 2. The number of likely N-dealkylation sites (tertiary alicyclic amines) is 1. The van der Waals surface area contributed by atoms with Gasteiger partial charge in [0, 0.05) is 31.5 Å². The number of nitrogens with zero attached hydrogens (tertiary/aromatic N) is 1. The minimum atomic E-state index is 0.126. The van der Waals surface area contributed by atoms with Crippen LogP contribution in [0.2, 0.25) is 0 Å². The van der Waals surface area contributed by atoms with E-state index in [2.05, 4.69) is 13.8 Å². The molecule has 1 N–H and O–H groups in total. The molecule has 76 valence electrons. The van der Waals surface area contributed by atoms with Crippen molar-refractivity contribution in [3.05, 3.63) is 0 Å². The van der Waals surface area contributed by atoms with Crippen LogP contribution in [0.25, 0.3) is 0 Å². The number of amides is 1. The lowest BCUT2D eigenvalue weighted by Gasteiger charge is -2.25. The molecule has 0 radical (unpaired) electrons. The maximum Gasteiger partial charge on any atom is 0.223 e. The third-order valence-electron chi connectivity index (χ3n) is 2.73. The molecule has 0 aromatic rings. The first-order chi connectivity index (χ1) is 6.06. The standard InChI is InChI=1S/C10H19NO2/c1-7(2)5-11-8(3)9(6-12)4-10(11)13/h7-9,12H,4-6H2,1-3H3. The van der Waals surface area contributed by atoms with Crippen molar-refractivity contribution in [2.45, 2.75) is 33.2 Å². The van der Waals surface area contributed by atoms with E-state index in [1.807, 2.05) is 11.8 Å². The van der Waals surface area contributed by atoms with Gasteiger partial charge in [-0.25, -0.2) is 0 Å². The summed E-state index contributed by atoms with van der Waals surface area (Å²) in [5.41, 5.74) is 0.